The third-order valence-electron chi connectivity index (χ3n) is 3.06. The summed E-state index contributed by atoms with van der Waals surface area (Å²) in [6.07, 6.45) is 8.37. The smallest absolute Gasteiger partial charge is 0.154 e. The lowest BCUT2D eigenvalue weighted by Crippen LogP contribution is -2.08. The molecule has 1 N–H and O–H groups in total. The highest BCUT2D eigenvalue weighted by molar-refractivity contribution is 5.85. The van der Waals surface area contributed by atoms with Crippen molar-refractivity contribution < 1.29 is 0 Å². The Kier molecular flexibility index (Phi) is 3.14. The Balaban J connectivity index is 1.62. The standard InChI is InChI=1S/C13H16N6/c1-18-10-16-12-11(18)4-7-15-13(12)14-5-2-8-19-9-3-6-17-19/h3-4,6-7,9-10H,2,5,8H2,1H3,(H,14,15). The van der Waals surface area contributed by atoms with Crippen LogP contribution in [0.2, 0.25) is 0 Å². The molecule has 3 aromatic rings. The number of pyridine rings is 1. The van der Waals surface area contributed by atoms with E-state index in [1.54, 1.807) is 18.7 Å². The fourth-order valence-electron chi connectivity index (χ4n) is 2.07. The van der Waals surface area contributed by atoms with Gasteiger partial charge in [0.15, 0.2) is 5.82 Å². The zero-order chi connectivity index (χ0) is 13.1. The zero-order valence-corrected chi connectivity index (χ0v) is 10.8. The highest BCUT2D eigenvalue weighted by Gasteiger charge is 2.05. The van der Waals surface area contributed by atoms with E-state index in [4.69, 9.17) is 0 Å². The van der Waals surface area contributed by atoms with Crippen LogP contribution in [0.3, 0.4) is 0 Å². The van der Waals surface area contributed by atoms with Gasteiger partial charge in [-0.1, -0.05) is 0 Å². The van der Waals surface area contributed by atoms with Crippen molar-refractivity contribution in [3.63, 3.8) is 0 Å². The molecule has 0 aliphatic carbocycles. The maximum absolute atomic E-state index is 4.37. The molecule has 0 radical (unpaired) electrons. The molecule has 98 valence electrons. The van der Waals surface area contributed by atoms with Gasteiger partial charge in [0.25, 0.3) is 0 Å². The summed E-state index contributed by atoms with van der Waals surface area (Å²) in [6.45, 7) is 1.75. The minimum Gasteiger partial charge on any atom is -0.368 e. The Morgan fingerprint density at radius 3 is 3.05 bits per heavy atom. The SMILES string of the molecule is Cn1cnc2c(NCCCn3cccn3)nccc21. The van der Waals surface area contributed by atoms with E-state index in [1.165, 1.54) is 0 Å². The van der Waals surface area contributed by atoms with E-state index < -0.39 is 0 Å². The summed E-state index contributed by atoms with van der Waals surface area (Å²) in [5, 5.41) is 7.51. The Hall–Kier alpha value is -2.37. The van der Waals surface area contributed by atoms with Crippen molar-refractivity contribution in [1.29, 1.82) is 0 Å². The van der Waals surface area contributed by atoms with Gasteiger partial charge in [-0.05, 0) is 18.6 Å². The average molecular weight is 256 g/mol. The molecule has 0 fully saturated rings. The van der Waals surface area contributed by atoms with Crippen molar-refractivity contribution in [1.82, 2.24) is 24.3 Å². The predicted molar refractivity (Wildman–Crippen MR) is 73.8 cm³/mol. The minimum absolute atomic E-state index is 0.846. The van der Waals surface area contributed by atoms with Crippen LogP contribution in [0.4, 0.5) is 5.82 Å². The van der Waals surface area contributed by atoms with Crippen LogP contribution in [0.5, 0.6) is 0 Å². The number of nitrogens with zero attached hydrogens (tertiary/aromatic N) is 5. The first kappa shape index (κ1) is 11.7. The number of hydrogen-bond acceptors (Lipinski definition) is 4. The van der Waals surface area contributed by atoms with E-state index in [9.17, 15) is 0 Å². The molecule has 6 heteroatoms. The van der Waals surface area contributed by atoms with Gasteiger partial charge < -0.3 is 9.88 Å². The number of hydrogen-bond donors (Lipinski definition) is 1. The molecule has 0 aromatic carbocycles. The monoisotopic (exact) mass is 256 g/mol. The summed E-state index contributed by atoms with van der Waals surface area (Å²) in [6, 6.07) is 3.90. The molecule has 3 heterocycles. The summed E-state index contributed by atoms with van der Waals surface area (Å²) < 4.78 is 3.92. The first-order valence-electron chi connectivity index (χ1n) is 6.32. The van der Waals surface area contributed by atoms with Crippen LogP contribution in [-0.4, -0.2) is 30.9 Å². The Labute approximate surface area is 111 Å². The number of rotatable bonds is 5. The molecule has 6 nitrogen and oxygen atoms in total. The van der Waals surface area contributed by atoms with Crippen molar-refractivity contribution in [2.45, 2.75) is 13.0 Å². The highest BCUT2D eigenvalue weighted by Crippen LogP contribution is 2.18. The Bertz CT molecular complexity index is 655. The third kappa shape index (κ3) is 2.42. The molecule has 0 amide bonds. The lowest BCUT2D eigenvalue weighted by Gasteiger charge is -2.06. The summed E-state index contributed by atoms with van der Waals surface area (Å²) >= 11 is 0. The second kappa shape index (κ2) is 5.09. The molecular weight excluding hydrogens is 240 g/mol. The maximum atomic E-state index is 4.37. The van der Waals surface area contributed by atoms with Crippen molar-refractivity contribution in [3.05, 3.63) is 37.1 Å². The van der Waals surface area contributed by atoms with Gasteiger partial charge in [0.1, 0.15) is 5.52 Å². The van der Waals surface area contributed by atoms with Crippen molar-refractivity contribution >= 4 is 16.9 Å². The van der Waals surface area contributed by atoms with Crippen LogP contribution in [0, 0.1) is 0 Å². The summed E-state index contributed by atoms with van der Waals surface area (Å²) in [5.41, 5.74) is 2.01. The quantitative estimate of drug-likeness (QED) is 0.705. The molecule has 0 saturated carbocycles. The van der Waals surface area contributed by atoms with Gasteiger partial charge >= 0.3 is 0 Å². The molecule has 0 aliphatic rings. The lowest BCUT2D eigenvalue weighted by molar-refractivity contribution is 0.591. The minimum atomic E-state index is 0.846. The largest absolute Gasteiger partial charge is 0.368 e. The van der Waals surface area contributed by atoms with Crippen LogP contribution >= 0.6 is 0 Å². The van der Waals surface area contributed by atoms with Gasteiger partial charge in [0, 0.05) is 38.7 Å². The molecule has 19 heavy (non-hydrogen) atoms. The van der Waals surface area contributed by atoms with Gasteiger partial charge in [-0.25, -0.2) is 9.97 Å². The maximum Gasteiger partial charge on any atom is 0.154 e. The molecule has 0 bridgehead atoms. The van der Waals surface area contributed by atoms with Gasteiger partial charge in [-0.2, -0.15) is 5.10 Å². The first-order chi connectivity index (χ1) is 9.34. The van der Waals surface area contributed by atoms with Crippen molar-refractivity contribution in [3.8, 4) is 0 Å². The van der Waals surface area contributed by atoms with E-state index in [0.29, 0.717) is 0 Å². The van der Waals surface area contributed by atoms with Gasteiger partial charge in [-0.15, -0.1) is 0 Å². The van der Waals surface area contributed by atoms with Crippen LogP contribution < -0.4 is 5.32 Å². The summed E-state index contributed by atoms with van der Waals surface area (Å²) in [7, 11) is 1.98. The second-order valence-corrected chi connectivity index (χ2v) is 4.43. The number of anilines is 1. The van der Waals surface area contributed by atoms with Gasteiger partial charge in [-0.3, -0.25) is 4.68 Å². The van der Waals surface area contributed by atoms with E-state index in [2.05, 4.69) is 20.4 Å². The topological polar surface area (TPSA) is 60.6 Å². The van der Waals surface area contributed by atoms with E-state index in [1.807, 2.05) is 34.6 Å². The molecule has 3 rings (SSSR count). The number of imidazole rings is 1. The lowest BCUT2D eigenvalue weighted by atomic mass is 10.3. The summed E-state index contributed by atoms with van der Waals surface area (Å²) in [5.74, 6) is 0.846. The fraction of sp³-hybridized carbons (Fsp3) is 0.308. The number of aromatic nitrogens is 5. The fourth-order valence-corrected chi connectivity index (χ4v) is 2.07. The highest BCUT2D eigenvalue weighted by atomic mass is 15.3. The molecule has 0 spiro atoms. The second-order valence-electron chi connectivity index (χ2n) is 4.43. The first-order valence-corrected chi connectivity index (χ1v) is 6.32. The molecule has 0 saturated heterocycles. The number of fused-ring (bicyclic) bond motifs is 1. The molecule has 0 atom stereocenters. The number of aryl methyl sites for hydroxylation is 2. The number of nitrogens with one attached hydrogen (secondary N) is 1. The third-order valence-corrected chi connectivity index (χ3v) is 3.06. The van der Waals surface area contributed by atoms with Crippen LogP contribution in [0.25, 0.3) is 11.0 Å². The average Bonchev–Trinajstić information content (AvgIpc) is 3.06. The molecular formula is C13H16N6. The van der Waals surface area contributed by atoms with Gasteiger partial charge in [0.05, 0.1) is 11.8 Å². The predicted octanol–water partition coefficient (Wildman–Crippen LogP) is 1.67. The summed E-state index contributed by atoms with van der Waals surface area (Å²) in [4.78, 5) is 8.71. The Morgan fingerprint density at radius 1 is 1.26 bits per heavy atom. The molecule has 0 aliphatic heterocycles. The van der Waals surface area contributed by atoms with Crippen LogP contribution in [0.15, 0.2) is 37.1 Å². The van der Waals surface area contributed by atoms with Crippen LogP contribution in [-0.2, 0) is 13.6 Å². The molecule has 0 unspecified atom stereocenters. The van der Waals surface area contributed by atoms with E-state index >= 15 is 0 Å². The van der Waals surface area contributed by atoms with Crippen molar-refractivity contribution in [2.24, 2.45) is 7.05 Å². The Morgan fingerprint density at radius 2 is 2.21 bits per heavy atom. The normalized spacial score (nSPS) is 11.0. The van der Waals surface area contributed by atoms with E-state index in [-0.39, 0.29) is 0 Å². The zero-order valence-electron chi connectivity index (χ0n) is 10.8. The van der Waals surface area contributed by atoms with Crippen LogP contribution in [0.1, 0.15) is 6.42 Å². The van der Waals surface area contributed by atoms with Gasteiger partial charge in [0.2, 0.25) is 0 Å². The molecule has 3 aromatic heterocycles. The van der Waals surface area contributed by atoms with Crippen molar-refractivity contribution in [2.75, 3.05) is 11.9 Å². The van der Waals surface area contributed by atoms with E-state index in [0.717, 1.165) is 36.4 Å².